The van der Waals surface area contributed by atoms with E-state index in [1.165, 1.54) is 6.20 Å². The fraction of sp³-hybridized carbons (Fsp3) is 0.632. The number of amides is 1. The van der Waals surface area contributed by atoms with Gasteiger partial charge in [-0.25, -0.2) is 14.6 Å². The Bertz CT molecular complexity index is 847. The monoisotopic (exact) mass is 533 g/mol. The summed E-state index contributed by atoms with van der Waals surface area (Å²) >= 11 is 0. The van der Waals surface area contributed by atoms with E-state index >= 15 is 0 Å². The van der Waals surface area contributed by atoms with Crippen LogP contribution in [0.2, 0.25) is 0 Å². The van der Waals surface area contributed by atoms with Crippen molar-refractivity contribution in [3.8, 4) is 0 Å². The second-order valence-corrected chi connectivity index (χ2v) is 7.72. The van der Waals surface area contributed by atoms with Gasteiger partial charge in [0.2, 0.25) is 0 Å². The van der Waals surface area contributed by atoms with Crippen LogP contribution >= 0.6 is 0 Å². The van der Waals surface area contributed by atoms with Crippen molar-refractivity contribution >= 4 is 17.8 Å². The third-order valence-corrected chi connectivity index (χ3v) is 4.81. The number of aromatic nitrogens is 2. The first-order valence-electron chi connectivity index (χ1n) is 10.2. The molecule has 1 aromatic heterocycles. The highest BCUT2D eigenvalue weighted by Crippen LogP contribution is 2.23. The minimum atomic E-state index is -5.08. The highest BCUT2D eigenvalue weighted by molar-refractivity contribution is 5.92. The minimum absolute atomic E-state index is 0.0568. The van der Waals surface area contributed by atoms with Gasteiger partial charge in [0.1, 0.15) is 5.69 Å². The summed E-state index contributed by atoms with van der Waals surface area (Å²) in [5.74, 6) is -5.57. The largest absolute Gasteiger partial charge is 0.490 e. The van der Waals surface area contributed by atoms with Crippen LogP contribution in [0, 0.1) is 0 Å². The van der Waals surface area contributed by atoms with Crippen LogP contribution in [0.3, 0.4) is 0 Å². The quantitative estimate of drug-likeness (QED) is 0.536. The maximum Gasteiger partial charge on any atom is 0.490 e. The lowest BCUT2D eigenvalue weighted by atomic mass is 10.1. The van der Waals surface area contributed by atoms with Crippen molar-refractivity contribution in [2.75, 3.05) is 53.4 Å². The highest BCUT2D eigenvalue weighted by atomic mass is 19.4. The highest BCUT2D eigenvalue weighted by Gasteiger charge is 2.42. The van der Waals surface area contributed by atoms with Gasteiger partial charge in [-0.2, -0.15) is 26.3 Å². The van der Waals surface area contributed by atoms with Crippen LogP contribution in [0.15, 0.2) is 18.6 Å². The van der Waals surface area contributed by atoms with E-state index in [1.54, 1.807) is 12.4 Å². The Labute approximate surface area is 201 Å². The van der Waals surface area contributed by atoms with Crippen molar-refractivity contribution in [3.05, 3.63) is 24.3 Å². The lowest BCUT2D eigenvalue weighted by molar-refractivity contribution is -0.193. The van der Waals surface area contributed by atoms with E-state index in [4.69, 9.17) is 24.5 Å². The second kappa shape index (κ2) is 13.3. The number of hydrogen-bond acceptors (Lipinski definition) is 8. The fourth-order valence-corrected chi connectivity index (χ4v) is 3.10. The maximum absolute atomic E-state index is 12.5. The number of carboxylic acids is 2. The van der Waals surface area contributed by atoms with Crippen LogP contribution in [-0.4, -0.2) is 131 Å². The Kier molecular flexibility index (Phi) is 11.5. The number of halogens is 6. The summed E-state index contributed by atoms with van der Waals surface area (Å²) in [6, 6.07) is 0.286. The van der Waals surface area contributed by atoms with Gasteiger partial charge in [-0.1, -0.05) is 0 Å². The first kappa shape index (κ1) is 31.0. The van der Waals surface area contributed by atoms with Gasteiger partial charge in [0.05, 0.1) is 24.9 Å². The summed E-state index contributed by atoms with van der Waals surface area (Å²) in [5, 5.41) is 14.2. The molecule has 1 amide bonds. The summed E-state index contributed by atoms with van der Waals surface area (Å²) in [5.41, 5.74) is 0.404. The predicted molar refractivity (Wildman–Crippen MR) is 109 cm³/mol. The van der Waals surface area contributed by atoms with Crippen molar-refractivity contribution < 1.29 is 55.7 Å². The van der Waals surface area contributed by atoms with Crippen LogP contribution in [0.25, 0.3) is 0 Å². The van der Waals surface area contributed by atoms with E-state index in [9.17, 15) is 31.1 Å². The van der Waals surface area contributed by atoms with E-state index in [-0.39, 0.29) is 18.1 Å². The molecule has 0 bridgehead atoms. The van der Waals surface area contributed by atoms with Crippen molar-refractivity contribution in [1.82, 2.24) is 24.7 Å². The Morgan fingerprint density at radius 2 is 1.61 bits per heavy atom. The smallest absolute Gasteiger partial charge is 0.475 e. The third kappa shape index (κ3) is 10.3. The molecular formula is C19H25F6N5O6. The molecule has 2 aliphatic rings. The van der Waals surface area contributed by atoms with Crippen molar-refractivity contribution in [2.45, 2.75) is 24.5 Å². The summed E-state index contributed by atoms with van der Waals surface area (Å²) in [4.78, 5) is 44.8. The molecule has 2 atom stereocenters. The molecule has 2 fully saturated rings. The Balaban J connectivity index is 0.000000383. The average Bonchev–Trinajstić information content (AvgIpc) is 3.22. The summed E-state index contributed by atoms with van der Waals surface area (Å²) in [6.07, 6.45) is -5.41. The van der Waals surface area contributed by atoms with Crippen molar-refractivity contribution in [2.24, 2.45) is 0 Å². The predicted octanol–water partition coefficient (Wildman–Crippen LogP) is 0.830. The Hall–Kier alpha value is -3.05. The number of carbonyl (C=O) groups excluding carboxylic acids is 1. The standard InChI is InChI=1S/C15H23N5O2.2C2HF3O2/c1-18(2)5-6-19-7-8-22-14-11-20(10-13(14)19)15(21)12-9-16-3-4-17-12;2*3-2(4,5)1(6)7/h3-4,9,13-14H,5-8,10-11H2,1-2H3;2*(H,6,7)/t13-,14+;;/m1../s1. The van der Waals surface area contributed by atoms with E-state index in [0.717, 1.165) is 26.2 Å². The molecule has 204 valence electrons. The molecule has 1 aromatic rings. The van der Waals surface area contributed by atoms with Gasteiger partial charge in [0.15, 0.2) is 0 Å². The molecule has 0 unspecified atom stereocenters. The van der Waals surface area contributed by atoms with Crippen LogP contribution in [0.5, 0.6) is 0 Å². The van der Waals surface area contributed by atoms with Gasteiger partial charge in [-0.05, 0) is 14.1 Å². The van der Waals surface area contributed by atoms with Gasteiger partial charge in [0.25, 0.3) is 5.91 Å². The van der Waals surface area contributed by atoms with Gasteiger partial charge < -0.3 is 24.7 Å². The minimum Gasteiger partial charge on any atom is -0.475 e. The molecule has 17 heteroatoms. The molecule has 3 rings (SSSR count). The van der Waals surface area contributed by atoms with Gasteiger partial charge in [-0.15, -0.1) is 0 Å². The molecule has 0 spiro atoms. The fourth-order valence-electron chi connectivity index (χ4n) is 3.10. The number of rotatable bonds is 4. The number of fused-ring (bicyclic) bond motifs is 1. The number of alkyl halides is 6. The summed E-state index contributed by atoms with van der Waals surface area (Å²) < 4.78 is 69.3. The van der Waals surface area contributed by atoms with E-state index in [2.05, 4.69) is 33.9 Å². The number of carboxylic acid groups (broad SMARTS) is 2. The molecule has 11 nitrogen and oxygen atoms in total. The molecular weight excluding hydrogens is 508 g/mol. The molecule has 0 saturated carbocycles. The zero-order valence-corrected chi connectivity index (χ0v) is 19.2. The van der Waals surface area contributed by atoms with E-state index in [1.807, 2.05) is 4.90 Å². The van der Waals surface area contributed by atoms with Crippen LogP contribution in [-0.2, 0) is 14.3 Å². The number of likely N-dealkylation sites (tertiary alicyclic amines) is 1. The zero-order chi connectivity index (χ0) is 27.7. The average molecular weight is 533 g/mol. The van der Waals surface area contributed by atoms with E-state index in [0.29, 0.717) is 18.8 Å². The number of morpholine rings is 1. The first-order valence-corrected chi connectivity index (χ1v) is 10.2. The molecule has 2 N–H and O–H groups in total. The maximum atomic E-state index is 12.5. The van der Waals surface area contributed by atoms with Gasteiger partial charge >= 0.3 is 24.3 Å². The molecule has 2 saturated heterocycles. The number of ether oxygens (including phenoxy) is 1. The van der Waals surface area contributed by atoms with Gasteiger partial charge in [-0.3, -0.25) is 14.7 Å². The normalized spacial score (nSPS) is 20.0. The Morgan fingerprint density at radius 3 is 2.06 bits per heavy atom. The SMILES string of the molecule is CN(C)CCN1CCO[C@H]2CN(C(=O)c3cnccn3)C[C@H]21.O=C(O)C(F)(F)F.O=C(O)C(F)(F)F. The van der Waals surface area contributed by atoms with E-state index < -0.39 is 24.3 Å². The Morgan fingerprint density at radius 1 is 1.06 bits per heavy atom. The van der Waals surface area contributed by atoms with Crippen LogP contribution < -0.4 is 0 Å². The zero-order valence-electron chi connectivity index (χ0n) is 19.2. The summed E-state index contributed by atoms with van der Waals surface area (Å²) in [7, 11) is 4.16. The number of likely N-dealkylation sites (N-methyl/N-ethyl adjacent to an activating group) is 1. The van der Waals surface area contributed by atoms with Crippen molar-refractivity contribution in [3.63, 3.8) is 0 Å². The van der Waals surface area contributed by atoms with Crippen LogP contribution in [0.1, 0.15) is 10.5 Å². The number of aliphatic carboxylic acids is 2. The second-order valence-electron chi connectivity index (χ2n) is 7.72. The van der Waals surface area contributed by atoms with Crippen molar-refractivity contribution in [1.29, 1.82) is 0 Å². The molecule has 2 aliphatic heterocycles. The molecule has 0 radical (unpaired) electrons. The lowest BCUT2D eigenvalue weighted by Gasteiger charge is -2.37. The number of carbonyl (C=O) groups is 3. The summed E-state index contributed by atoms with van der Waals surface area (Å²) in [6.45, 7) is 5.03. The lowest BCUT2D eigenvalue weighted by Crippen LogP contribution is -2.52. The molecule has 0 aliphatic carbocycles. The van der Waals surface area contributed by atoms with Gasteiger partial charge in [0, 0.05) is 45.1 Å². The topological polar surface area (TPSA) is 136 Å². The molecule has 36 heavy (non-hydrogen) atoms. The van der Waals surface area contributed by atoms with Crippen LogP contribution in [0.4, 0.5) is 26.3 Å². The molecule has 0 aromatic carbocycles. The first-order chi connectivity index (χ1) is 16.5. The number of nitrogens with zero attached hydrogens (tertiary/aromatic N) is 5. The number of hydrogen-bond donors (Lipinski definition) is 2. The third-order valence-electron chi connectivity index (χ3n) is 4.81. The molecule has 3 heterocycles.